The molecule has 1 aromatic carbocycles. The standard InChI is InChI=1S/C21H24O7/c1-5-6-20-9-13(22)18(23)21(26-4,19(20)24)16(11(20)2)12-7-14(25-3)17-15(8-12)27-10-28-17/h5,7-9,11,16,19,22,24H,1,6,10H2,2-4H3/t11-,16+,19-,20+,21-/m1/s1. The van der Waals surface area contributed by atoms with Crippen LogP contribution in [-0.2, 0) is 9.53 Å². The van der Waals surface area contributed by atoms with E-state index in [9.17, 15) is 15.0 Å². The van der Waals surface area contributed by atoms with E-state index in [1.54, 1.807) is 18.2 Å². The predicted molar refractivity (Wildman–Crippen MR) is 99.7 cm³/mol. The third-order valence-electron chi connectivity index (χ3n) is 6.59. The van der Waals surface area contributed by atoms with Gasteiger partial charge in [0.2, 0.25) is 18.3 Å². The number of hydrogen-bond donors (Lipinski definition) is 2. The zero-order valence-corrected chi connectivity index (χ0v) is 16.1. The first-order chi connectivity index (χ1) is 13.4. The number of ether oxygens (including phenoxy) is 4. The SMILES string of the molecule is C=CC[C@]12C=C(O)C(=O)[C@](OC)([C@H](c3cc(OC)c4c(c3)OCO4)[C@H]1C)[C@@H]2O. The van der Waals surface area contributed by atoms with Crippen molar-refractivity contribution in [1.29, 1.82) is 0 Å². The number of carbonyl (C=O) groups excluding carboxylic acids is 1. The van der Waals surface area contributed by atoms with E-state index in [4.69, 9.17) is 18.9 Å². The Morgan fingerprint density at radius 3 is 2.75 bits per heavy atom. The molecule has 4 rings (SSSR count). The number of aliphatic hydroxyl groups excluding tert-OH is 2. The summed E-state index contributed by atoms with van der Waals surface area (Å²) < 4.78 is 22.2. The number of carbonyl (C=O) groups is 1. The van der Waals surface area contributed by atoms with Gasteiger partial charge in [-0.05, 0) is 36.1 Å². The fourth-order valence-electron chi connectivity index (χ4n) is 5.30. The minimum Gasteiger partial charge on any atom is -0.505 e. The average molecular weight is 388 g/mol. The summed E-state index contributed by atoms with van der Waals surface area (Å²) in [5.74, 6) is -0.347. The number of rotatable bonds is 5. The van der Waals surface area contributed by atoms with Crippen molar-refractivity contribution in [2.45, 2.75) is 31.0 Å². The maximum Gasteiger partial charge on any atom is 0.231 e. The van der Waals surface area contributed by atoms with Crippen molar-refractivity contribution in [3.63, 3.8) is 0 Å². The molecular weight excluding hydrogens is 364 g/mol. The molecule has 0 radical (unpaired) electrons. The molecule has 2 N–H and O–H groups in total. The summed E-state index contributed by atoms with van der Waals surface area (Å²) in [5, 5.41) is 21.7. The molecule has 5 atom stereocenters. The van der Waals surface area contributed by atoms with Crippen molar-refractivity contribution in [2.24, 2.45) is 11.3 Å². The Labute approximate surface area is 163 Å². The van der Waals surface area contributed by atoms with Gasteiger partial charge in [-0.1, -0.05) is 13.0 Å². The minimum absolute atomic E-state index is 0.0785. The van der Waals surface area contributed by atoms with Crippen LogP contribution in [0.25, 0.3) is 0 Å². The zero-order valence-electron chi connectivity index (χ0n) is 16.1. The largest absolute Gasteiger partial charge is 0.505 e. The van der Waals surface area contributed by atoms with Crippen LogP contribution in [0, 0.1) is 11.3 Å². The molecule has 0 aromatic heterocycles. The smallest absolute Gasteiger partial charge is 0.231 e. The van der Waals surface area contributed by atoms with Gasteiger partial charge < -0.3 is 29.2 Å². The van der Waals surface area contributed by atoms with E-state index in [1.165, 1.54) is 20.3 Å². The normalized spacial score (nSPS) is 35.6. The summed E-state index contributed by atoms with van der Waals surface area (Å²) in [6.45, 7) is 5.82. The second-order valence-electron chi connectivity index (χ2n) is 7.59. The first kappa shape index (κ1) is 18.8. The Morgan fingerprint density at radius 1 is 1.36 bits per heavy atom. The van der Waals surface area contributed by atoms with Gasteiger partial charge in [0.05, 0.1) is 7.11 Å². The average Bonchev–Trinajstić information content (AvgIpc) is 3.21. The molecule has 28 heavy (non-hydrogen) atoms. The van der Waals surface area contributed by atoms with Gasteiger partial charge in [-0.2, -0.15) is 0 Å². The van der Waals surface area contributed by atoms with Crippen molar-refractivity contribution in [3.05, 3.63) is 42.2 Å². The number of allylic oxidation sites excluding steroid dienone is 1. The number of ketones is 1. The van der Waals surface area contributed by atoms with Crippen LogP contribution in [0.5, 0.6) is 17.2 Å². The van der Waals surface area contributed by atoms with E-state index in [2.05, 4.69) is 6.58 Å². The van der Waals surface area contributed by atoms with Gasteiger partial charge in [-0.25, -0.2) is 0 Å². The molecule has 150 valence electrons. The highest BCUT2D eigenvalue weighted by molar-refractivity contribution is 6.03. The number of aliphatic hydroxyl groups is 2. The summed E-state index contributed by atoms with van der Waals surface area (Å²) >= 11 is 0. The summed E-state index contributed by atoms with van der Waals surface area (Å²) in [6, 6.07) is 3.56. The zero-order chi connectivity index (χ0) is 20.3. The van der Waals surface area contributed by atoms with E-state index < -0.39 is 34.6 Å². The van der Waals surface area contributed by atoms with Crippen LogP contribution in [0.4, 0.5) is 0 Å². The molecular formula is C21H24O7. The third-order valence-corrected chi connectivity index (χ3v) is 6.59. The Kier molecular flexibility index (Phi) is 4.21. The minimum atomic E-state index is -1.63. The first-order valence-electron chi connectivity index (χ1n) is 9.15. The van der Waals surface area contributed by atoms with Gasteiger partial charge in [0.1, 0.15) is 6.10 Å². The predicted octanol–water partition coefficient (Wildman–Crippen LogP) is 2.49. The van der Waals surface area contributed by atoms with Gasteiger partial charge in [0, 0.05) is 18.4 Å². The molecule has 1 aliphatic heterocycles. The maximum atomic E-state index is 13.1. The summed E-state index contributed by atoms with van der Waals surface area (Å²) in [4.78, 5) is 13.1. The lowest BCUT2D eigenvalue weighted by molar-refractivity contribution is -0.161. The molecule has 0 unspecified atom stereocenters. The fraction of sp³-hybridized carbons (Fsp3) is 0.476. The molecule has 2 bridgehead atoms. The van der Waals surface area contributed by atoms with Crippen LogP contribution in [0.15, 0.2) is 36.6 Å². The quantitative estimate of drug-likeness (QED) is 0.749. The molecule has 0 amide bonds. The molecule has 7 nitrogen and oxygen atoms in total. The van der Waals surface area contributed by atoms with Crippen LogP contribution in [0.2, 0.25) is 0 Å². The summed E-state index contributed by atoms with van der Waals surface area (Å²) in [7, 11) is 2.91. The van der Waals surface area contributed by atoms with Crippen molar-refractivity contribution >= 4 is 5.78 Å². The van der Waals surface area contributed by atoms with E-state index in [-0.39, 0.29) is 12.7 Å². The van der Waals surface area contributed by atoms with Gasteiger partial charge in [0.15, 0.2) is 22.9 Å². The molecule has 1 aromatic rings. The fourth-order valence-corrected chi connectivity index (χ4v) is 5.30. The Bertz CT molecular complexity index is 876. The topological polar surface area (TPSA) is 94.5 Å². The highest BCUT2D eigenvalue weighted by Gasteiger charge is 2.72. The van der Waals surface area contributed by atoms with Gasteiger partial charge in [0.25, 0.3) is 0 Å². The number of Topliss-reactive ketones (excluding diaryl/α,β-unsaturated/α-hetero) is 1. The third kappa shape index (κ3) is 2.08. The molecule has 2 aliphatic carbocycles. The molecule has 7 heteroatoms. The van der Waals surface area contributed by atoms with Crippen LogP contribution < -0.4 is 14.2 Å². The highest BCUT2D eigenvalue weighted by atomic mass is 16.7. The van der Waals surface area contributed by atoms with Crippen molar-refractivity contribution < 1.29 is 34.0 Å². The van der Waals surface area contributed by atoms with Crippen molar-refractivity contribution in [2.75, 3.05) is 21.0 Å². The number of methoxy groups -OCH3 is 2. The molecule has 1 saturated carbocycles. The lowest BCUT2D eigenvalue weighted by Gasteiger charge is -2.41. The van der Waals surface area contributed by atoms with Crippen molar-refractivity contribution in [1.82, 2.24) is 0 Å². The van der Waals surface area contributed by atoms with Gasteiger partial charge in [-0.3, -0.25) is 4.79 Å². The maximum absolute atomic E-state index is 13.1. The van der Waals surface area contributed by atoms with E-state index >= 15 is 0 Å². The second-order valence-corrected chi connectivity index (χ2v) is 7.59. The highest BCUT2D eigenvalue weighted by Crippen LogP contribution is 2.64. The second kappa shape index (κ2) is 6.25. The number of benzene rings is 1. The van der Waals surface area contributed by atoms with E-state index in [1.807, 2.05) is 6.92 Å². The molecule has 1 heterocycles. The summed E-state index contributed by atoms with van der Waals surface area (Å²) in [6.07, 6.45) is 2.38. The number of fused-ring (bicyclic) bond motifs is 3. The number of hydrogen-bond acceptors (Lipinski definition) is 7. The van der Waals surface area contributed by atoms with Crippen LogP contribution in [0.3, 0.4) is 0 Å². The monoisotopic (exact) mass is 388 g/mol. The van der Waals surface area contributed by atoms with Crippen LogP contribution in [0.1, 0.15) is 24.8 Å². The van der Waals surface area contributed by atoms with E-state index in [0.29, 0.717) is 29.2 Å². The summed E-state index contributed by atoms with van der Waals surface area (Å²) in [5.41, 5.74) is -1.80. The first-order valence-corrected chi connectivity index (χ1v) is 9.15. The van der Waals surface area contributed by atoms with Crippen LogP contribution in [-0.4, -0.2) is 48.7 Å². The molecule has 0 spiro atoms. The van der Waals surface area contributed by atoms with E-state index in [0.717, 1.165) is 0 Å². The van der Waals surface area contributed by atoms with Gasteiger partial charge in [-0.15, -0.1) is 6.58 Å². The Morgan fingerprint density at radius 2 is 2.11 bits per heavy atom. The lowest BCUT2D eigenvalue weighted by atomic mass is 9.70. The van der Waals surface area contributed by atoms with Crippen LogP contribution >= 0.6 is 0 Å². The lowest BCUT2D eigenvalue weighted by Crippen LogP contribution is -2.57. The van der Waals surface area contributed by atoms with Crippen molar-refractivity contribution in [3.8, 4) is 17.2 Å². The molecule has 0 saturated heterocycles. The Balaban J connectivity index is 1.95. The van der Waals surface area contributed by atoms with Gasteiger partial charge >= 0.3 is 0 Å². The Hall–Kier alpha value is -2.51. The molecule has 3 aliphatic rings. The molecule has 1 fully saturated rings.